The maximum atomic E-state index is 5.16. The summed E-state index contributed by atoms with van der Waals surface area (Å²) in [5.74, 6) is 6.01. The maximum Gasteiger partial charge on any atom is 0.222 e. The third-order valence-electron chi connectivity index (χ3n) is 1.75. The van der Waals surface area contributed by atoms with Crippen LogP contribution in [0.1, 0.15) is 32.6 Å². The minimum Gasteiger partial charge on any atom is -0.340 e. The van der Waals surface area contributed by atoms with Crippen molar-refractivity contribution in [2.45, 2.75) is 38.9 Å². The monoisotopic (exact) mass is 168 g/mol. The lowest BCUT2D eigenvalue weighted by Gasteiger charge is -1.96. The van der Waals surface area contributed by atoms with Gasteiger partial charge in [-0.05, 0) is 12.3 Å². The summed E-state index contributed by atoms with van der Waals surface area (Å²) in [7, 11) is 0. The molecule has 0 saturated carbocycles. The average molecular weight is 168 g/mol. The molecule has 2 heteroatoms. The van der Waals surface area contributed by atoms with Gasteiger partial charge < -0.3 is 9.47 Å². The van der Waals surface area contributed by atoms with Crippen molar-refractivity contribution in [1.29, 1.82) is 0 Å². The van der Waals surface area contributed by atoms with Crippen molar-refractivity contribution in [3.63, 3.8) is 0 Å². The molecule has 0 N–H and O–H groups in total. The molecule has 0 amide bonds. The van der Waals surface area contributed by atoms with Crippen LogP contribution in [0.3, 0.4) is 0 Å². The summed E-state index contributed by atoms with van der Waals surface area (Å²) < 4.78 is 10.3. The van der Waals surface area contributed by atoms with E-state index in [2.05, 4.69) is 18.8 Å². The van der Waals surface area contributed by atoms with Crippen LogP contribution in [0, 0.1) is 11.8 Å². The van der Waals surface area contributed by atoms with E-state index >= 15 is 0 Å². The molecule has 1 rings (SSSR count). The van der Waals surface area contributed by atoms with Crippen molar-refractivity contribution in [2.75, 3.05) is 13.2 Å². The summed E-state index contributed by atoms with van der Waals surface area (Å²) in [6, 6.07) is 0. The zero-order valence-electron chi connectivity index (χ0n) is 7.64. The van der Waals surface area contributed by atoms with Gasteiger partial charge in [0.05, 0.1) is 13.2 Å². The van der Waals surface area contributed by atoms with Crippen molar-refractivity contribution >= 4 is 0 Å². The lowest BCUT2D eigenvalue weighted by atomic mass is 10.2. The Kier molecular flexibility index (Phi) is 4.82. The van der Waals surface area contributed by atoms with Gasteiger partial charge in [-0.25, -0.2) is 0 Å². The van der Waals surface area contributed by atoms with Crippen LogP contribution in [-0.2, 0) is 9.47 Å². The SMILES string of the molecule is CCCCCC#CC1OCCO1. The molecular formula is C10H16O2. The quantitative estimate of drug-likeness (QED) is 0.473. The summed E-state index contributed by atoms with van der Waals surface area (Å²) in [6.07, 6.45) is 4.43. The van der Waals surface area contributed by atoms with Gasteiger partial charge in [0.1, 0.15) is 0 Å². The van der Waals surface area contributed by atoms with E-state index < -0.39 is 0 Å². The predicted molar refractivity (Wildman–Crippen MR) is 47.6 cm³/mol. The Labute approximate surface area is 74.2 Å². The van der Waals surface area contributed by atoms with E-state index in [0.29, 0.717) is 13.2 Å². The summed E-state index contributed by atoms with van der Waals surface area (Å²) >= 11 is 0. The normalized spacial score (nSPS) is 17.4. The van der Waals surface area contributed by atoms with Gasteiger partial charge in [0.2, 0.25) is 6.29 Å². The smallest absolute Gasteiger partial charge is 0.222 e. The van der Waals surface area contributed by atoms with E-state index in [0.717, 1.165) is 6.42 Å². The van der Waals surface area contributed by atoms with E-state index in [-0.39, 0.29) is 6.29 Å². The van der Waals surface area contributed by atoms with Crippen LogP contribution in [0.15, 0.2) is 0 Å². The molecular weight excluding hydrogens is 152 g/mol. The number of hydrogen-bond acceptors (Lipinski definition) is 2. The molecule has 0 unspecified atom stereocenters. The highest BCUT2D eigenvalue weighted by Crippen LogP contribution is 2.02. The number of hydrogen-bond donors (Lipinski definition) is 0. The zero-order valence-corrected chi connectivity index (χ0v) is 7.64. The molecule has 1 aliphatic heterocycles. The molecule has 68 valence electrons. The van der Waals surface area contributed by atoms with Crippen molar-refractivity contribution in [3.8, 4) is 11.8 Å². The highest BCUT2D eigenvalue weighted by Gasteiger charge is 2.11. The van der Waals surface area contributed by atoms with Crippen LogP contribution in [0.25, 0.3) is 0 Å². The molecule has 1 fully saturated rings. The molecule has 1 aliphatic rings. The second-order valence-corrected chi connectivity index (χ2v) is 2.85. The summed E-state index contributed by atoms with van der Waals surface area (Å²) in [4.78, 5) is 0. The fourth-order valence-corrected chi connectivity index (χ4v) is 1.06. The topological polar surface area (TPSA) is 18.5 Å². The van der Waals surface area contributed by atoms with Crippen LogP contribution in [0.2, 0.25) is 0 Å². The molecule has 0 aromatic carbocycles. The highest BCUT2D eigenvalue weighted by atomic mass is 16.7. The standard InChI is InChI=1S/C10H16O2/c1-2-3-4-5-6-7-10-11-8-9-12-10/h10H,2-5,8-9H2,1H3. The molecule has 0 radical (unpaired) electrons. The van der Waals surface area contributed by atoms with Crippen molar-refractivity contribution in [2.24, 2.45) is 0 Å². The molecule has 0 aromatic heterocycles. The number of ether oxygens (including phenoxy) is 2. The van der Waals surface area contributed by atoms with Crippen LogP contribution in [0.5, 0.6) is 0 Å². The Balaban J connectivity index is 2.02. The Morgan fingerprint density at radius 3 is 2.67 bits per heavy atom. The molecule has 1 heterocycles. The molecule has 1 saturated heterocycles. The first-order chi connectivity index (χ1) is 5.93. The molecule has 0 aromatic rings. The van der Waals surface area contributed by atoms with Crippen molar-refractivity contribution < 1.29 is 9.47 Å². The van der Waals surface area contributed by atoms with Gasteiger partial charge >= 0.3 is 0 Å². The van der Waals surface area contributed by atoms with E-state index in [9.17, 15) is 0 Å². The molecule has 12 heavy (non-hydrogen) atoms. The van der Waals surface area contributed by atoms with E-state index in [1.807, 2.05) is 0 Å². The molecule has 2 nitrogen and oxygen atoms in total. The fourth-order valence-electron chi connectivity index (χ4n) is 1.06. The Bertz CT molecular complexity index is 160. The highest BCUT2D eigenvalue weighted by molar-refractivity contribution is 5.02. The van der Waals surface area contributed by atoms with Gasteiger partial charge in [-0.3, -0.25) is 0 Å². The molecule has 0 spiro atoms. The first-order valence-corrected chi connectivity index (χ1v) is 4.65. The summed E-state index contributed by atoms with van der Waals surface area (Å²) in [5.41, 5.74) is 0. The lowest BCUT2D eigenvalue weighted by molar-refractivity contribution is 0.00638. The van der Waals surface area contributed by atoms with Gasteiger partial charge in [-0.2, -0.15) is 0 Å². The average Bonchev–Trinajstić information content (AvgIpc) is 2.57. The molecule has 0 atom stereocenters. The second kappa shape index (κ2) is 6.05. The largest absolute Gasteiger partial charge is 0.340 e. The van der Waals surface area contributed by atoms with Crippen LogP contribution in [0.4, 0.5) is 0 Å². The van der Waals surface area contributed by atoms with Crippen molar-refractivity contribution in [3.05, 3.63) is 0 Å². The van der Waals surface area contributed by atoms with Gasteiger partial charge in [-0.1, -0.05) is 25.7 Å². The van der Waals surface area contributed by atoms with Crippen LogP contribution >= 0.6 is 0 Å². The van der Waals surface area contributed by atoms with Crippen LogP contribution in [-0.4, -0.2) is 19.5 Å². The summed E-state index contributed by atoms with van der Waals surface area (Å²) in [5, 5.41) is 0. The first kappa shape index (κ1) is 9.57. The van der Waals surface area contributed by atoms with Gasteiger partial charge in [0.15, 0.2) is 0 Å². The lowest BCUT2D eigenvalue weighted by Crippen LogP contribution is -2.02. The second-order valence-electron chi connectivity index (χ2n) is 2.85. The van der Waals surface area contributed by atoms with Crippen LogP contribution < -0.4 is 0 Å². The van der Waals surface area contributed by atoms with E-state index in [1.54, 1.807) is 0 Å². The first-order valence-electron chi connectivity index (χ1n) is 4.65. The molecule has 0 bridgehead atoms. The summed E-state index contributed by atoms with van der Waals surface area (Å²) in [6.45, 7) is 3.57. The van der Waals surface area contributed by atoms with Gasteiger partial charge in [-0.15, -0.1) is 0 Å². The Morgan fingerprint density at radius 2 is 2.00 bits per heavy atom. The third kappa shape index (κ3) is 3.75. The van der Waals surface area contributed by atoms with Gasteiger partial charge in [0, 0.05) is 6.42 Å². The molecule has 0 aliphatic carbocycles. The minimum absolute atomic E-state index is 0.244. The predicted octanol–water partition coefficient (Wildman–Crippen LogP) is 1.94. The van der Waals surface area contributed by atoms with Gasteiger partial charge in [0.25, 0.3) is 0 Å². The Hall–Kier alpha value is -0.520. The maximum absolute atomic E-state index is 5.16. The van der Waals surface area contributed by atoms with E-state index in [1.165, 1.54) is 19.3 Å². The number of unbranched alkanes of at least 4 members (excludes halogenated alkanes) is 3. The zero-order chi connectivity index (χ0) is 8.65. The number of rotatable bonds is 3. The fraction of sp³-hybridized carbons (Fsp3) is 0.800. The minimum atomic E-state index is -0.244. The van der Waals surface area contributed by atoms with Crippen molar-refractivity contribution in [1.82, 2.24) is 0 Å². The Morgan fingerprint density at radius 1 is 1.25 bits per heavy atom. The third-order valence-corrected chi connectivity index (χ3v) is 1.75. The van der Waals surface area contributed by atoms with E-state index in [4.69, 9.17) is 9.47 Å².